The van der Waals surface area contributed by atoms with Gasteiger partial charge in [0.05, 0.1) is 30.4 Å². The smallest absolute Gasteiger partial charge is 0.323 e. The number of fused-ring (bicyclic) bond motifs is 2. The number of ether oxygens (including phenoxy) is 4. The molecule has 2 aliphatic rings. The number of urea groups is 2. The summed E-state index contributed by atoms with van der Waals surface area (Å²) in [6.45, 7) is 9.84. The number of rotatable bonds is 7. The molecule has 5 amide bonds. The Morgan fingerprint density at radius 3 is 2.47 bits per heavy atom. The zero-order chi connectivity index (χ0) is 36.7. The van der Waals surface area contributed by atoms with E-state index in [1.807, 2.05) is 13.8 Å². The summed E-state index contributed by atoms with van der Waals surface area (Å²) < 4.78 is 28.6. The molecule has 3 heterocycles. The zero-order valence-electron chi connectivity index (χ0n) is 30.0. The van der Waals surface area contributed by atoms with Crippen LogP contribution >= 0.6 is 0 Å². The number of aliphatic hydroxyl groups is 1. The van der Waals surface area contributed by atoms with Crippen LogP contribution in [0.15, 0.2) is 40.9 Å². The van der Waals surface area contributed by atoms with Crippen molar-refractivity contribution < 1.29 is 43.0 Å². The van der Waals surface area contributed by atoms with Gasteiger partial charge in [0.2, 0.25) is 6.79 Å². The Balaban J connectivity index is 1.35. The minimum Gasteiger partial charge on any atom is -0.490 e. The quantitative estimate of drug-likeness (QED) is 0.241. The fourth-order valence-electron chi connectivity index (χ4n) is 5.95. The lowest BCUT2D eigenvalue weighted by atomic mass is 10.0. The summed E-state index contributed by atoms with van der Waals surface area (Å²) >= 11 is 0. The van der Waals surface area contributed by atoms with Crippen molar-refractivity contribution in [3.05, 3.63) is 53.4 Å². The minimum atomic E-state index is -0.565. The Kier molecular flexibility index (Phi) is 12.3. The van der Waals surface area contributed by atoms with Crippen LogP contribution in [0.3, 0.4) is 0 Å². The highest BCUT2D eigenvalue weighted by Gasteiger charge is 2.31. The van der Waals surface area contributed by atoms with Crippen LogP contribution in [0.5, 0.6) is 17.2 Å². The van der Waals surface area contributed by atoms with Crippen molar-refractivity contribution in [2.45, 2.75) is 72.1 Å². The molecule has 0 aliphatic carbocycles. The number of carbonyl (C=O) groups excluding carboxylic acids is 3. The first-order chi connectivity index (χ1) is 24.4. The van der Waals surface area contributed by atoms with Crippen LogP contribution in [0.4, 0.5) is 26.7 Å². The fraction of sp³-hybridized carbons (Fsp3) is 0.500. The standard InChI is InChI=1S/C36H48N6O9/c1-21-17-42(22(2)19-43)34(44)28-15-26(37-35(45)39-33-24(4)40-51-25(33)5)10-12-29(28)50-23(3)9-7-8-14-47-32(21)18-41(6)36(46)38-27-11-13-30-31(16-27)49-20-48-30/h10-13,15-16,21-23,32,43H,7-9,14,17-20H2,1-6H3,(H,38,46)(H2,37,39,45)/t21-,22-,23-,32-/m1/s1. The average molecular weight is 709 g/mol. The third kappa shape index (κ3) is 9.41. The Morgan fingerprint density at radius 1 is 1.02 bits per heavy atom. The maximum atomic E-state index is 14.4. The summed E-state index contributed by atoms with van der Waals surface area (Å²) in [7, 11) is 1.69. The Hall–Kier alpha value is -5.02. The van der Waals surface area contributed by atoms with E-state index >= 15 is 0 Å². The van der Waals surface area contributed by atoms with Crippen molar-refractivity contribution >= 4 is 35.0 Å². The number of amides is 5. The van der Waals surface area contributed by atoms with Gasteiger partial charge in [-0.15, -0.1) is 0 Å². The summed E-state index contributed by atoms with van der Waals surface area (Å²) in [6, 6.07) is 8.69. The van der Waals surface area contributed by atoms with E-state index in [0.29, 0.717) is 58.8 Å². The first-order valence-electron chi connectivity index (χ1n) is 17.2. The lowest BCUT2D eigenvalue weighted by Crippen LogP contribution is -2.48. The van der Waals surface area contributed by atoms with Gasteiger partial charge in [-0.3, -0.25) is 4.79 Å². The van der Waals surface area contributed by atoms with Crippen molar-refractivity contribution in [2.75, 3.05) is 56.1 Å². The van der Waals surface area contributed by atoms with Crippen molar-refractivity contribution in [1.29, 1.82) is 0 Å². The molecule has 1 aromatic heterocycles. The van der Waals surface area contributed by atoms with Crippen LogP contribution in [0.25, 0.3) is 0 Å². The largest absolute Gasteiger partial charge is 0.490 e. The van der Waals surface area contributed by atoms with Gasteiger partial charge in [0.1, 0.15) is 17.1 Å². The van der Waals surface area contributed by atoms with E-state index in [1.54, 1.807) is 74.0 Å². The summed E-state index contributed by atoms with van der Waals surface area (Å²) in [5.41, 5.74) is 2.16. The second-order valence-electron chi connectivity index (χ2n) is 13.2. The number of hydrogen-bond acceptors (Lipinski definition) is 10. The van der Waals surface area contributed by atoms with Crippen molar-refractivity contribution in [1.82, 2.24) is 15.0 Å². The molecule has 0 radical (unpaired) electrons. The third-order valence-electron chi connectivity index (χ3n) is 9.01. The third-order valence-corrected chi connectivity index (χ3v) is 9.01. The zero-order valence-corrected chi connectivity index (χ0v) is 30.0. The molecule has 0 bridgehead atoms. The van der Waals surface area contributed by atoms with E-state index in [-0.39, 0.29) is 56.0 Å². The van der Waals surface area contributed by atoms with Crippen LogP contribution in [0, 0.1) is 19.8 Å². The number of likely N-dealkylation sites (N-methyl/N-ethyl adjacent to an activating group) is 1. The summed E-state index contributed by atoms with van der Waals surface area (Å²) in [5.74, 6) is 1.38. The molecule has 0 saturated heterocycles. The molecule has 0 unspecified atom stereocenters. The molecule has 3 aromatic rings. The summed E-state index contributed by atoms with van der Waals surface area (Å²) in [4.78, 5) is 43.7. The molecular formula is C36H48N6O9. The first-order valence-corrected chi connectivity index (χ1v) is 17.2. The SMILES string of the molecule is Cc1noc(C)c1NC(=O)Nc1ccc2c(c1)C(=O)N([C@H](C)CO)C[C@@H](C)[C@@H](CN(C)C(=O)Nc1ccc3c(c1)OCO3)OCCCC[C@@H](C)O2. The monoisotopic (exact) mass is 708 g/mol. The number of aryl methyl sites for hydroxylation is 2. The van der Waals surface area contributed by atoms with E-state index < -0.39 is 18.2 Å². The topological polar surface area (TPSA) is 177 Å². The number of aliphatic hydroxyl groups excluding tert-OH is 1. The number of carbonyl (C=O) groups is 3. The van der Waals surface area contributed by atoms with E-state index in [4.69, 9.17) is 23.5 Å². The van der Waals surface area contributed by atoms with Gasteiger partial charge in [0.15, 0.2) is 17.3 Å². The van der Waals surface area contributed by atoms with Crippen LogP contribution < -0.4 is 30.2 Å². The molecule has 5 rings (SSSR count). The molecule has 15 nitrogen and oxygen atoms in total. The summed E-state index contributed by atoms with van der Waals surface area (Å²) in [5, 5.41) is 22.6. The van der Waals surface area contributed by atoms with Crippen LogP contribution in [0.1, 0.15) is 61.8 Å². The Morgan fingerprint density at radius 2 is 1.75 bits per heavy atom. The predicted molar refractivity (Wildman–Crippen MR) is 190 cm³/mol. The number of aromatic nitrogens is 1. The average Bonchev–Trinajstić information content (AvgIpc) is 3.70. The molecule has 0 spiro atoms. The van der Waals surface area contributed by atoms with Gasteiger partial charge in [-0.2, -0.15) is 0 Å². The maximum absolute atomic E-state index is 14.4. The number of benzene rings is 2. The Labute approximate surface area is 297 Å². The van der Waals surface area contributed by atoms with Crippen molar-refractivity contribution in [3.63, 3.8) is 0 Å². The highest BCUT2D eigenvalue weighted by atomic mass is 16.7. The van der Waals surface area contributed by atoms with Crippen LogP contribution in [-0.4, -0.2) is 96.4 Å². The molecule has 4 atom stereocenters. The molecule has 0 saturated carbocycles. The number of nitrogens with one attached hydrogen (secondary N) is 3. The van der Waals surface area contributed by atoms with Gasteiger partial charge in [0.25, 0.3) is 5.91 Å². The normalized spacial score (nSPS) is 20.0. The van der Waals surface area contributed by atoms with E-state index in [1.165, 1.54) is 0 Å². The van der Waals surface area contributed by atoms with E-state index in [0.717, 1.165) is 12.8 Å². The fourth-order valence-corrected chi connectivity index (χ4v) is 5.95. The van der Waals surface area contributed by atoms with Gasteiger partial charge >= 0.3 is 12.1 Å². The van der Waals surface area contributed by atoms with Gasteiger partial charge in [-0.25, -0.2) is 9.59 Å². The van der Waals surface area contributed by atoms with E-state index in [2.05, 4.69) is 21.1 Å². The molecule has 15 heteroatoms. The van der Waals surface area contributed by atoms with Crippen molar-refractivity contribution in [3.8, 4) is 17.2 Å². The lowest BCUT2D eigenvalue weighted by Gasteiger charge is -2.35. The lowest BCUT2D eigenvalue weighted by molar-refractivity contribution is -0.0115. The molecule has 51 heavy (non-hydrogen) atoms. The van der Waals surface area contributed by atoms with E-state index in [9.17, 15) is 19.5 Å². The second kappa shape index (κ2) is 16.8. The van der Waals surface area contributed by atoms with Gasteiger partial charge < -0.3 is 54.3 Å². The van der Waals surface area contributed by atoms with Gasteiger partial charge in [-0.05, 0) is 77.3 Å². The molecule has 4 N–H and O–H groups in total. The molecule has 2 aromatic carbocycles. The molecular weight excluding hydrogens is 660 g/mol. The highest BCUT2D eigenvalue weighted by molar-refractivity contribution is 6.03. The maximum Gasteiger partial charge on any atom is 0.323 e. The van der Waals surface area contributed by atoms with Gasteiger partial charge in [0, 0.05) is 50.1 Å². The number of hydrogen-bond donors (Lipinski definition) is 4. The predicted octanol–water partition coefficient (Wildman–Crippen LogP) is 5.62. The summed E-state index contributed by atoms with van der Waals surface area (Å²) in [6.07, 6.45) is 1.66. The van der Waals surface area contributed by atoms with Gasteiger partial charge in [-0.1, -0.05) is 12.1 Å². The number of anilines is 3. The highest BCUT2D eigenvalue weighted by Crippen LogP contribution is 2.34. The van der Waals surface area contributed by atoms with Crippen LogP contribution in [0.2, 0.25) is 0 Å². The molecule has 0 fully saturated rings. The first kappa shape index (κ1) is 37.2. The second-order valence-corrected chi connectivity index (χ2v) is 13.2. The minimum absolute atomic E-state index is 0.134. The molecule has 276 valence electrons. The van der Waals surface area contributed by atoms with Crippen molar-refractivity contribution in [2.24, 2.45) is 5.92 Å². The Bertz CT molecular complexity index is 1680. The van der Waals surface area contributed by atoms with Crippen LogP contribution in [-0.2, 0) is 4.74 Å². The number of nitrogens with zero attached hydrogens (tertiary/aromatic N) is 3. The molecule has 2 aliphatic heterocycles.